The molecule has 1 amide bonds. The Labute approximate surface area is 125 Å². The van der Waals surface area contributed by atoms with Gasteiger partial charge in [0.1, 0.15) is 0 Å². The number of carboxylic acid groups (broad SMARTS) is 1. The van der Waals surface area contributed by atoms with E-state index in [1.807, 2.05) is 12.2 Å². The van der Waals surface area contributed by atoms with Crippen molar-refractivity contribution in [3.05, 3.63) is 23.8 Å². The molecule has 3 rings (SSSR count). The maximum atomic E-state index is 12.4. The number of hydrogen-bond donors (Lipinski definition) is 2. The van der Waals surface area contributed by atoms with Crippen molar-refractivity contribution >= 4 is 11.9 Å². The number of hydrogen-bond acceptors (Lipinski definition) is 2. The first-order valence-corrected chi connectivity index (χ1v) is 8.03. The number of rotatable bonds is 5. The molecule has 114 valence electrons. The molecule has 4 nitrogen and oxygen atoms in total. The molecule has 0 unspecified atom stereocenters. The fraction of sp³-hybridized carbons (Fsp3) is 0.647. The maximum Gasteiger partial charge on any atom is 0.307 e. The van der Waals surface area contributed by atoms with Gasteiger partial charge in [0.15, 0.2) is 0 Å². The van der Waals surface area contributed by atoms with Gasteiger partial charge in [0.05, 0.1) is 11.8 Å². The summed E-state index contributed by atoms with van der Waals surface area (Å²) in [5, 5.41) is 12.3. The van der Waals surface area contributed by atoms with Gasteiger partial charge in [-0.3, -0.25) is 9.59 Å². The van der Waals surface area contributed by atoms with Crippen LogP contribution in [-0.4, -0.2) is 23.5 Å². The van der Waals surface area contributed by atoms with Crippen LogP contribution in [-0.2, 0) is 9.59 Å². The number of amides is 1. The number of fused-ring (bicyclic) bond motifs is 2. The van der Waals surface area contributed by atoms with Crippen LogP contribution in [0.4, 0.5) is 0 Å². The molecule has 0 aromatic heterocycles. The normalized spacial score (nSPS) is 33.8. The molecule has 0 spiro atoms. The smallest absolute Gasteiger partial charge is 0.307 e. The SMILES string of the molecule is O=C(O)[C@@H]1[C@H](C(=O)NCCC2=CCCCC2)[C@@H]2C=C[C@H]1C2. The molecule has 1 saturated carbocycles. The van der Waals surface area contributed by atoms with Gasteiger partial charge in [0.25, 0.3) is 0 Å². The average molecular weight is 289 g/mol. The number of carbonyl (C=O) groups is 2. The molecule has 0 aromatic carbocycles. The zero-order valence-electron chi connectivity index (χ0n) is 12.3. The van der Waals surface area contributed by atoms with Crippen LogP contribution >= 0.6 is 0 Å². The molecule has 3 aliphatic rings. The van der Waals surface area contributed by atoms with Crippen LogP contribution in [0.25, 0.3) is 0 Å². The van der Waals surface area contributed by atoms with E-state index in [9.17, 15) is 14.7 Å². The molecular weight excluding hydrogens is 266 g/mol. The van der Waals surface area contributed by atoms with Gasteiger partial charge in [-0.2, -0.15) is 0 Å². The van der Waals surface area contributed by atoms with Gasteiger partial charge in [0.2, 0.25) is 5.91 Å². The topological polar surface area (TPSA) is 66.4 Å². The molecule has 3 aliphatic carbocycles. The Morgan fingerprint density at radius 3 is 2.62 bits per heavy atom. The monoisotopic (exact) mass is 289 g/mol. The first-order valence-electron chi connectivity index (χ1n) is 8.03. The Kier molecular flexibility index (Phi) is 4.13. The fourth-order valence-electron chi connectivity index (χ4n) is 4.11. The molecule has 0 heterocycles. The van der Waals surface area contributed by atoms with Gasteiger partial charge in [0, 0.05) is 6.54 Å². The first-order chi connectivity index (χ1) is 10.2. The summed E-state index contributed by atoms with van der Waals surface area (Å²) in [4.78, 5) is 23.8. The highest BCUT2D eigenvalue weighted by Gasteiger charge is 2.51. The van der Waals surface area contributed by atoms with Crippen LogP contribution < -0.4 is 5.32 Å². The maximum absolute atomic E-state index is 12.4. The summed E-state index contributed by atoms with van der Waals surface area (Å²) < 4.78 is 0. The Balaban J connectivity index is 1.54. The highest BCUT2D eigenvalue weighted by Crippen LogP contribution is 2.48. The van der Waals surface area contributed by atoms with Crippen LogP contribution in [0.1, 0.15) is 38.5 Å². The molecule has 21 heavy (non-hydrogen) atoms. The van der Waals surface area contributed by atoms with Crippen molar-refractivity contribution in [2.45, 2.75) is 38.5 Å². The lowest BCUT2D eigenvalue weighted by atomic mass is 9.82. The third kappa shape index (κ3) is 2.89. The molecule has 2 N–H and O–H groups in total. The van der Waals surface area contributed by atoms with Crippen molar-refractivity contribution in [3.8, 4) is 0 Å². The van der Waals surface area contributed by atoms with E-state index in [1.54, 1.807) is 0 Å². The molecule has 4 atom stereocenters. The van der Waals surface area contributed by atoms with Crippen molar-refractivity contribution in [1.82, 2.24) is 5.32 Å². The summed E-state index contributed by atoms with van der Waals surface area (Å²) in [6.07, 6.45) is 12.8. The largest absolute Gasteiger partial charge is 0.481 e. The molecule has 0 saturated heterocycles. The van der Waals surface area contributed by atoms with Gasteiger partial charge in [-0.1, -0.05) is 23.8 Å². The Hall–Kier alpha value is -1.58. The lowest BCUT2D eigenvalue weighted by Gasteiger charge is -2.24. The number of carboxylic acids is 1. The second-order valence-electron chi connectivity index (χ2n) is 6.49. The minimum atomic E-state index is -0.831. The van der Waals surface area contributed by atoms with Crippen LogP contribution in [0.2, 0.25) is 0 Å². The van der Waals surface area contributed by atoms with E-state index in [0.717, 1.165) is 25.7 Å². The summed E-state index contributed by atoms with van der Waals surface area (Å²) >= 11 is 0. The van der Waals surface area contributed by atoms with E-state index < -0.39 is 11.9 Å². The number of nitrogens with one attached hydrogen (secondary N) is 1. The van der Waals surface area contributed by atoms with Crippen molar-refractivity contribution in [3.63, 3.8) is 0 Å². The van der Waals surface area contributed by atoms with Gasteiger partial charge >= 0.3 is 5.97 Å². The second kappa shape index (κ2) is 6.04. The average Bonchev–Trinajstić information content (AvgIpc) is 3.08. The third-order valence-electron chi connectivity index (χ3n) is 5.18. The third-order valence-corrected chi connectivity index (χ3v) is 5.18. The van der Waals surface area contributed by atoms with Gasteiger partial charge in [-0.05, 0) is 50.4 Å². The van der Waals surface area contributed by atoms with Crippen LogP contribution in [0.5, 0.6) is 0 Å². The van der Waals surface area contributed by atoms with Crippen LogP contribution in [0, 0.1) is 23.7 Å². The molecule has 0 aliphatic heterocycles. The fourth-order valence-corrected chi connectivity index (χ4v) is 4.11. The number of allylic oxidation sites excluding steroid dienone is 3. The molecule has 0 radical (unpaired) electrons. The quantitative estimate of drug-likeness (QED) is 0.764. The van der Waals surface area contributed by atoms with Gasteiger partial charge in [-0.15, -0.1) is 0 Å². The number of carbonyl (C=O) groups excluding carboxylic acids is 1. The van der Waals surface area contributed by atoms with E-state index >= 15 is 0 Å². The van der Waals surface area contributed by atoms with E-state index in [-0.39, 0.29) is 23.7 Å². The van der Waals surface area contributed by atoms with Crippen molar-refractivity contribution in [2.75, 3.05) is 6.54 Å². The van der Waals surface area contributed by atoms with Crippen LogP contribution in [0.15, 0.2) is 23.8 Å². The summed E-state index contributed by atoms with van der Waals surface area (Å²) in [6, 6.07) is 0. The number of aliphatic carboxylic acids is 1. The highest BCUT2D eigenvalue weighted by molar-refractivity contribution is 5.86. The van der Waals surface area contributed by atoms with Crippen LogP contribution in [0.3, 0.4) is 0 Å². The summed E-state index contributed by atoms with van der Waals surface area (Å²) in [5.41, 5.74) is 1.43. The Morgan fingerprint density at radius 2 is 1.95 bits per heavy atom. The standard InChI is InChI=1S/C17H23NO3/c19-16(18-9-8-11-4-2-1-3-5-11)14-12-6-7-13(10-12)15(14)17(20)21/h4,6-7,12-15H,1-3,5,8-10H2,(H,18,19)(H,20,21)/t12-,13+,14-,15+/m1/s1. The summed E-state index contributed by atoms with van der Waals surface area (Å²) in [6.45, 7) is 0.634. The Morgan fingerprint density at radius 1 is 1.19 bits per heavy atom. The van der Waals surface area contributed by atoms with Gasteiger partial charge in [-0.25, -0.2) is 0 Å². The zero-order valence-corrected chi connectivity index (χ0v) is 12.3. The van der Waals surface area contributed by atoms with E-state index in [2.05, 4.69) is 11.4 Å². The van der Waals surface area contributed by atoms with Crippen molar-refractivity contribution in [2.24, 2.45) is 23.7 Å². The predicted octanol–water partition coefficient (Wildman–Crippen LogP) is 2.52. The molecule has 4 heteroatoms. The van der Waals surface area contributed by atoms with Gasteiger partial charge < -0.3 is 10.4 Å². The predicted molar refractivity (Wildman–Crippen MR) is 79.5 cm³/mol. The van der Waals surface area contributed by atoms with E-state index in [1.165, 1.54) is 18.4 Å². The molecule has 1 fully saturated rings. The zero-order chi connectivity index (χ0) is 14.8. The van der Waals surface area contributed by atoms with E-state index in [0.29, 0.717) is 6.54 Å². The van der Waals surface area contributed by atoms with E-state index in [4.69, 9.17) is 0 Å². The Bertz CT molecular complexity index is 494. The van der Waals surface area contributed by atoms with Crippen molar-refractivity contribution in [1.29, 1.82) is 0 Å². The lowest BCUT2D eigenvalue weighted by molar-refractivity contribution is -0.147. The summed E-state index contributed by atoms with van der Waals surface area (Å²) in [7, 11) is 0. The second-order valence-corrected chi connectivity index (χ2v) is 6.49. The van der Waals surface area contributed by atoms with Crippen molar-refractivity contribution < 1.29 is 14.7 Å². The summed E-state index contributed by atoms with van der Waals surface area (Å²) in [5.74, 6) is -1.65. The molecular formula is C17H23NO3. The highest BCUT2D eigenvalue weighted by atomic mass is 16.4. The first kappa shape index (κ1) is 14.4. The minimum absolute atomic E-state index is 0.0457. The molecule has 2 bridgehead atoms. The lowest BCUT2D eigenvalue weighted by Crippen LogP contribution is -2.40. The molecule has 0 aromatic rings. The minimum Gasteiger partial charge on any atom is -0.481 e.